The van der Waals surface area contributed by atoms with E-state index in [1.165, 1.54) is 5.56 Å². The number of ether oxygens (including phenoxy) is 1. The van der Waals surface area contributed by atoms with Crippen LogP contribution in [0, 0.1) is 0 Å². The second kappa shape index (κ2) is 9.71. The molecular weight excluding hydrogens is 352 g/mol. The first-order valence-corrected chi connectivity index (χ1v) is 9.94. The van der Waals surface area contributed by atoms with Crippen molar-refractivity contribution in [3.8, 4) is 0 Å². The van der Waals surface area contributed by atoms with Crippen molar-refractivity contribution in [2.24, 2.45) is 12.0 Å². The van der Waals surface area contributed by atoms with Crippen LogP contribution in [0.15, 0.2) is 47.6 Å². The molecule has 0 amide bonds. The molecule has 152 valence electrons. The molecule has 1 aromatic heterocycles. The molecule has 1 aromatic carbocycles. The Kier molecular flexibility index (Phi) is 7.06. The van der Waals surface area contributed by atoms with Gasteiger partial charge in [-0.05, 0) is 31.4 Å². The zero-order valence-corrected chi connectivity index (χ0v) is 17.1. The average molecular weight is 385 g/mol. The molecule has 2 aromatic rings. The Morgan fingerprint density at radius 3 is 2.61 bits per heavy atom. The predicted octanol–water partition coefficient (Wildman–Crippen LogP) is 1.99. The summed E-state index contributed by atoms with van der Waals surface area (Å²) < 4.78 is 7.50. The lowest BCUT2D eigenvalue weighted by Crippen LogP contribution is -2.58. The standard InChI is InChI=1S/C21H32N6O/c1-17(18-7-5-4-6-8-18)26-21(10-13-28-14-11-21)16-24-20(22-2)23-15-19-9-12-25-27(19)3/h4-9,12,17,26H,10-11,13-16H2,1-3H3,(H2,22,23,24). The highest BCUT2D eigenvalue weighted by Crippen LogP contribution is 2.25. The van der Waals surface area contributed by atoms with E-state index < -0.39 is 0 Å². The van der Waals surface area contributed by atoms with E-state index in [2.05, 4.69) is 63.3 Å². The smallest absolute Gasteiger partial charge is 0.191 e. The molecule has 1 aliphatic heterocycles. The van der Waals surface area contributed by atoms with E-state index in [1.807, 2.05) is 17.8 Å². The topological polar surface area (TPSA) is 75.5 Å². The second-order valence-corrected chi connectivity index (χ2v) is 7.39. The van der Waals surface area contributed by atoms with Gasteiger partial charge in [-0.3, -0.25) is 9.67 Å². The van der Waals surface area contributed by atoms with Crippen molar-refractivity contribution >= 4 is 5.96 Å². The molecule has 3 rings (SSSR count). The third kappa shape index (κ3) is 5.33. The maximum absolute atomic E-state index is 5.63. The normalized spacial score (nSPS) is 17.9. The van der Waals surface area contributed by atoms with Crippen LogP contribution < -0.4 is 16.0 Å². The fourth-order valence-corrected chi connectivity index (χ4v) is 3.64. The SMILES string of the molecule is CN=C(NCc1ccnn1C)NCC1(NC(C)c2ccccc2)CCOCC1. The number of nitrogens with one attached hydrogen (secondary N) is 3. The Balaban J connectivity index is 1.60. The Morgan fingerprint density at radius 1 is 1.21 bits per heavy atom. The molecule has 0 aliphatic carbocycles. The second-order valence-electron chi connectivity index (χ2n) is 7.39. The molecule has 1 aliphatic rings. The van der Waals surface area contributed by atoms with Gasteiger partial charge < -0.3 is 20.7 Å². The molecule has 0 bridgehead atoms. The van der Waals surface area contributed by atoms with Gasteiger partial charge in [-0.2, -0.15) is 5.10 Å². The monoisotopic (exact) mass is 384 g/mol. The van der Waals surface area contributed by atoms with Gasteiger partial charge in [0.15, 0.2) is 5.96 Å². The van der Waals surface area contributed by atoms with Crippen molar-refractivity contribution in [2.45, 2.75) is 37.9 Å². The van der Waals surface area contributed by atoms with E-state index in [0.29, 0.717) is 6.54 Å². The highest BCUT2D eigenvalue weighted by atomic mass is 16.5. The van der Waals surface area contributed by atoms with Crippen molar-refractivity contribution in [3.05, 3.63) is 53.9 Å². The van der Waals surface area contributed by atoms with Gasteiger partial charge in [0.1, 0.15) is 0 Å². The number of rotatable bonds is 7. The Bertz CT molecular complexity index is 751. The van der Waals surface area contributed by atoms with Crippen molar-refractivity contribution < 1.29 is 4.74 Å². The summed E-state index contributed by atoms with van der Waals surface area (Å²) in [6.45, 7) is 5.25. The van der Waals surface area contributed by atoms with Gasteiger partial charge in [0.2, 0.25) is 0 Å². The fraction of sp³-hybridized carbons (Fsp3) is 0.524. The third-order valence-electron chi connectivity index (χ3n) is 5.45. The summed E-state index contributed by atoms with van der Waals surface area (Å²) in [5, 5.41) is 15.0. The zero-order valence-electron chi connectivity index (χ0n) is 17.1. The van der Waals surface area contributed by atoms with E-state index in [4.69, 9.17) is 4.74 Å². The molecule has 28 heavy (non-hydrogen) atoms. The number of hydrogen-bond donors (Lipinski definition) is 3. The molecule has 2 heterocycles. The van der Waals surface area contributed by atoms with Crippen LogP contribution in [0.25, 0.3) is 0 Å². The van der Waals surface area contributed by atoms with E-state index in [-0.39, 0.29) is 11.6 Å². The summed E-state index contributed by atoms with van der Waals surface area (Å²) >= 11 is 0. The van der Waals surface area contributed by atoms with Crippen molar-refractivity contribution in [1.29, 1.82) is 0 Å². The Labute approximate surface area is 167 Å². The molecule has 0 spiro atoms. The number of aromatic nitrogens is 2. The van der Waals surface area contributed by atoms with E-state index in [0.717, 1.165) is 44.3 Å². The van der Waals surface area contributed by atoms with Crippen molar-refractivity contribution in [1.82, 2.24) is 25.7 Å². The highest BCUT2D eigenvalue weighted by Gasteiger charge is 2.34. The molecule has 1 unspecified atom stereocenters. The maximum atomic E-state index is 5.63. The molecule has 1 fully saturated rings. The van der Waals surface area contributed by atoms with Crippen LogP contribution >= 0.6 is 0 Å². The van der Waals surface area contributed by atoms with Gasteiger partial charge in [0.25, 0.3) is 0 Å². The van der Waals surface area contributed by atoms with Crippen LogP contribution in [-0.4, -0.2) is 48.1 Å². The maximum Gasteiger partial charge on any atom is 0.191 e. The predicted molar refractivity (Wildman–Crippen MR) is 112 cm³/mol. The van der Waals surface area contributed by atoms with Crippen LogP contribution in [0.5, 0.6) is 0 Å². The summed E-state index contributed by atoms with van der Waals surface area (Å²) in [5.74, 6) is 0.793. The number of hydrogen-bond acceptors (Lipinski definition) is 4. The van der Waals surface area contributed by atoms with Crippen LogP contribution in [0.1, 0.15) is 37.1 Å². The van der Waals surface area contributed by atoms with Gasteiger partial charge in [-0.1, -0.05) is 30.3 Å². The number of nitrogens with zero attached hydrogens (tertiary/aromatic N) is 3. The zero-order chi connectivity index (χ0) is 19.8. The van der Waals surface area contributed by atoms with Crippen LogP contribution in [-0.2, 0) is 18.3 Å². The first kappa shape index (κ1) is 20.4. The van der Waals surface area contributed by atoms with E-state index in [1.54, 1.807) is 13.2 Å². The summed E-state index contributed by atoms with van der Waals surface area (Å²) in [5.41, 5.74) is 2.38. The largest absolute Gasteiger partial charge is 0.381 e. The molecule has 1 atom stereocenters. The minimum absolute atomic E-state index is 0.0301. The molecule has 7 heteroatoms. The molecule has 7 nitrogen and oxygen atoms in total. The van der Waals surface area contributed by atoms with Crippen LogP contribution in [0.4, 0.5) is 0 Å². The molecule has 3 N–H and O–H groups in total. The summed E-state index contributed by atoms with van der Waals surface area (Å²) in [6.07, 6.45) is 3.74. The number of guanidine groups is 1. The molecule has 0 saturated carbocycles. The lowest BCUT2D eigenvalue weighted by Gasteiger charge is -2.41. The van der Waals surface area contributed by atoms with E-state index >= 15 is 0 Å². The fourth-order valence-electron chi connectivity index (χ4n) is 3.64. The molecule has 0 radical (unpaired) electrons. The van der Waals surface area contributed by atoms with E-state index in [9.17, 15) is 0 Å². The Morgan fingerprint density at radius 2 is 1.96 bits per heavy atom. The van der Waals surface area contributed by atoms with Crippen LogP contribution in [0.2, 0.25) is 0 Å². The van der Waals surface area contributed by atoms with Gasteiger partial charge in [-0.25, -0.2) is 0 Å². The lowest BCUT2D eigenvalue weighted by atomic mass is 9.88. The van der Waals surface area contributed by atoms with Gasteiger partial charge in [0, 0.05) is 51.6 Å². The van der Waals surface area contributed by atoms with Crippen molar-refractivity contribution in [2.75, 3.05) is 26.8 Å². The number of benzene rings is 1. The first-order chi connectivity index (χ1) is 13.6. The lowest BCUT2D eigenvalue weighted by molar-refractivity contribution is 0.0355. The number of aryl methyl sites for hydroxylation is 1. The quantitative estimate of drug-likeness (QED) is 0.503. The Hall–Kier alpha value is -2.38. The summed E-state index contributed by atoms with van der Waals surface area (Å²) in [7, 11) is 3.74. The molecular formula is C21H32N6O. The van der Waals surface area contributed by atoms with Gasteiger partial charge in [-0.15, -0.1) is 0 Å². The molecule has 1 saturated heterocycles. The van der Waals surface area contributed by atoms with Gasteiger partial charge >= 0.3 is 0 Å². The van der Waals surface area contributed by atoms with Gasteiger partial charge in [0.05, 0.1) is 12.2 Å². The van der Waals surface area contributed by atoms with Crippen LogP contribution in [0.3, 0.4) is 0 Å². The summed E-state index contributed by atoms with van der Waals surface area (Å²) in [6, 6.07) is 12.9. The third-order valence-corrected chi connectivity index (χ3v) is 5.45. The average Bonchev–Trinajstić information content (AvgIpc) is 3.14. The number of aliphatic imine (C=N–C) groups is 1. The van der Waals surface area contributed by atoms with Crippen molar-refractivity contribution in [3.63, 3.8) is 0 Å². The highest BCUT2D eigenvalue weighted by molar-refractivity contribution is 5.79. The first-order valence-electron chi connectivity index (χ1n) is 9.94. The minimum Gasteiger partial charge on any atom is -0.381 e. The summed E-state index contributed by atoms with van der Waals surface area (Å²) in [4.78, 5) is 4.38. The minimum atomic E-state index is -0.0301.